The highest BCUT2D eigenvalue weighted by Crippen LogP contribution is 2.29. The van der Waals surface area contributed by atoms with E-state index < -0.39 is 10.0 Å². The first-order chi connectivity index (χ1) is 10.9. The molecule has 2 aromatic rings. The molecule has 0 bridgehead atoms. The van der Waals surface area contributed by atoms with E-state index in [0.717, 1.165) is 11.1 Å². The maximum Gasteiger partial charge on any atom is 0.244 e. The normalized spacial score (nSPS) is 12.9. The third kappa shape index (κ3) is 4.13. The Labute approximate surface area is 146 Å². The molecule has 0 heterocycles. The molecule has 0 fully saturated rings. The van der Waals surface area contributed by atoms with Crippen LogP contribution in [0.25, 0.3) is 0 Å². The van der Waals surface area contributed by atoms with Gasteiger partial charge in [-0.3, -0.25) is 0 Å². The Morgan fingerprint density at radius 3 is 2.52 bits per heavy atom. The third-order valence-electron chi connectivity index (χ3n) is 3.68. The Hall–Kier alpha value is -1.37. The van der Waals surface area contributed by atoms with Gasteiger partial charge in [-0.05, 0) is 42.7 Å². The fourth-order valence-electron chi connectivity index (χ4n) is 2.46. The number of ether oxygens (including phenoxy) is 1. The molecule has 2 aromatic carbocycles. The van der Waals surface area contributed by atoms with Crippen LogP contribution in [0.2, 0.25) is 0 Å². The molecule has 1 N–H and O–H groups in total. The summed E-state index contributed by atoms with van der Waals surface area (Å²) in [6.07, 6.45) is 0.653. The highest BCUT2D eigenvalue weighted by Gasteiger charge is 2.24. The van der Waals surface area contributed by atoms with E-state index in [1.807, 2.05) is 38.1 Å². The first-order valence-corrected chi connectivity index (χ1v) is 9.58. The van der Waals surface area contributed by atoms with E-state index in [1.165, 1.54) is 7.11 Å². The van der Waals surface area contributed by atoms with Gasteiger partial charge in [0.25, 0.3) is 0 Å². The van der Waals surface area contributed by atoms with Gasteiger partial charge in [-0.2, -0.15) is 0 Å². The van der Waals surface area contributed by atoms with E-state index in [9.17, 15) is 8.42 Å². The van der Waals surface area contributed by atoms with Crippen LogP contribution in [0.4, 0.5) is 0 Å². The number of hydrogen-bond donors (Lipinski definition) is 1. The van der Waals surface area contributed by atoms with Crippen LogP contribution >= 0.6 is 15.9 Å². The van der Waals surface area contributed by atoms with Crippen LogP contribution in [0, 0.1) is 6.92 Å². The Bertz CT molecular complexity index is 790. The van der Waals surface area contributed by atoms with Gasteiger partial charge in [-0.25, -0.2) is 13.1 Å². The number of benzene rings is 2. The minimum atomic E-state index is -3.71. The average Bonchev–Trinajstić information content (AvgIpc) is 2.53. The van der Waals surface area contributed by atoms with E-state index in [0.29, 0.717) is 16.6 Å². The number of hydrogen-bond acceptors (Lipinski definition) is 3. The van der Waals surface area contributed by atoms with Gasteiger partial charge in [0, 0.05) is 10.5 Å². The lowest BCUT2D eigenvalue weighted by Crippen LogP contribution is -2.29. The molecule has 4 nitrogen and oxygen atoms in total. The quantitative estimate of drug-likeness (QED) is 0.794. The second-order valence-corrected chi connectivity index (χ2v) is 7.83. The minimum Gasteiger partial charge on any atom is -0.495 e. The van der Waals surface area contributed by atoms with Crippen molar-refractivity contribution >= 4 is 26.0 Å². The average molecular weight is 398 g/mol. The molecule has 124 valence electrons. The molecule has 2 rings (SSSR count). The molecule has 0 saturated heterocycles. The standard InChI is InChI=1S/C17H20BrNO3S/c1-4-15(14-8-6-5-7-12(14)2)19-23(20,21)17-11-13(18)9-10-16(17)22-3/h5-11,15,19H,4H2,1-3H3/t15-/m0/s1. The van der Waals surface area contributed by atoms with Crippen LogP contribution in [0.3, 0.4) is 0 Å². The predicted octanol–water partition coefficient (Wildman–Crippen LogP) is 4.20. The van der Waals surface area contributed by atoms with E-state index >= 15 is 0 Å². The van der Waals surface area contributed by atoms with Crippen molar-refractivity contribution in [1.29, 1.82) is 0 Å². The third-order valence-corrected chi connectivity index (χ3v) is 5.67. The Morgan fingerprint density at radius 1 is 1.22 bits per heavy atom. The van der Waals surface area contributed by atoms with Gasteiger partial charge in [0.05, 0.1) is 7.11 Å². The van der Waals surface area contributed by atoms with Gasteiger partial charge in [0.1, 0.15) is 10.6 Å². The molecule has 0 aromatic heterocycles. The van der Waals surface area contributed by atoms with Crippen molar-refractivity contribution in [2.45, 2.75) is 31.2 Å². The van der Waals surface area contributed by atoms with Crippen molar-refractivity contribution in [3.05, 3.63) is 58.1 Å². The van der Waals surface area contributed by atoms with Crippen molar-refractivity contribution in [2.24, 2.45) is 0 Å². The molecule has 0 spiro atoms. The summed E-state index contributed by atoms with van der Waals surface area (Å²) < 4.78 is 34.3. The lowest BCUT2D eigenvalue weighted by molar-refractivity contribution is 0.401. The molecule has 6 heteroatoms. The number of rotatable bonds is 6. The molecule has 0 unspecified atom stereocenters. The zero-order chi connectivity index (χ0) is 17.0. The molecule has 0 aliphatic heterocycles. The van der Waals surface area contributed by atoms with Crippen LogP contribution in [0.1, 0.15) is 30.5 Å². The lowest BCUT2D eigenvalue weighted by Gasteiger charge is -2.20. The summed E-state index contributed by atoms with van der Waals surface area (Å²) in [6, 6.07) is 12.4. The Kier molecular flexibility index (Phi) is 5.84. The van der Waals surface area contributed by atoms with Crippen LogP contribution in [-0.4, -0.2) is 15.5 Å². The molecule has 23 heavy (non-hydrogen) atoms. The number of halogens is 1. The van der Waals surface area contributed by atoms with Crippen molar-refractivity contribution in [2.75, 3.05) is 7.11 Å². The smallest absolute Gasteiger partial charge is 0.244 e. The van der Waals surface area contributed by atoms with Gasteiger partial charge in [0.15, 0.2) is 0 Å². The minimum absolute atomic E-state index is 0.126. The van der Waals surface area contributed by atoms with E-state index in [2.05, 4.69) is 20.7 Å². The molecular formula is C17H20BrNO3S. The van der Waals surface area contributed by atoms with Crippen molar-refractivity contribution in [3.63, 3.8) is 0 Å². The Balaban J connectivity index is 2.41. The van der Waals surface area contributed by atoms with E-state index in [1.54, 1.807) is 18.2 Å². The van der Waals surface area contributed by atoms with Crippen molar-refractivity contribution < 1.29 is 13.2 Å². The summed E-state index contributed by atoms with van der Waals surface area (Å²) in [5.74, 6) is 0.320. The summed E-state index contributed by atoms with van der Waals surface area (Å²) in [7, 11) is -2.25. The largest absolute Gasteiger partial charge is 0.495 e. The predicted molar refractivity (Wildman–Crippen MR) is 95.2 cm³/mol. The van der Waals surface area contributed by atoms with E-state index in [4.69, 9.17) is 4.74 Å². The molecule has 0 amide bonds. The maximum atomic E-state index is 12.8. The molecule has 1 atom stereocenters. The molecule has 0 saturated carbocycles. The molecule has 0 aliphatic carbocycles. The summed E-state index contributed by atoms with van der Waals surface area (Å²) in [6.45, 7) is 3.93. The lowest BCUT2D eigenvalue weighted by atomic mass is 10.0. The molecule has 0 aliphatic rings. The highest BCUT2D eigenvalue weighted by molar-refractivity contribution is 9.10. The van der Waals surface area contributed by atoms with Crippen LogP contribution in [0.5, 0.6) is 5.75 Å². The first-order valence-electron chi connectivity index (χ1n) is 7.30. The number of methoxy groups -OCH3 is 1. The Morgan fingerprint density at radius 2 is 1.91 bits per heavy atom. The fraction of sp³-hybridized carbons (Fsp3) is 0.294. The molecule has 0 radical (unpaired) electrons. The summed E-state index contributed by atoms with van der Waals surface area (Å²) in [4.78, 5) is 0.126. The number of aryl methyl sites for hydroxylation is 1. The SMILES string of the molecule is CC[C@H](NS(=O)(=O)c1cc(Br)ccc1OC)c1ccccc1C. The maximum absolute atomic E-state index is 12.8. The zero-order valence-corrected chi connectivity index (χ0v) is 15.7. The monoisotopic (exact) mass is 397 g/mol. The number of nitrogens with one attached hydrogen (secondary N) is 1. The summed E-state index contributed by atoms with van der Waals surface area (Å²) in [5, 5.41) is 0. The molecular weight excluding hydrogens is 378 g/mol. The highest BCUT2D eigenvalue weighted by atomic mass is 79.9. The summed E-state index contributed by atoms with van der Waals surface area (Å²) in [5.41, 5.74) is 2.04. The topological polar surface area (TPSA) is 55.4 Å². The number of sulfonamides is 1. The van der Waals surface area contributed by atoms with Gasteiger partial charge in [0.2, 0.25) is 10.0 Å². The fourth-order valence-corrected chi connectivity index (χ4v) is 4.46. The van der Waals surface area contributed by atoms with Gasteiger partial charge >= 0.3 is 0 Å². The van der Waals surface area contributed by atoms with Gasteiger partial charge in [-0.15, -0.1) is 0 Å². The first kappa shape index (κ1) is 18.0. The van der Waals surface area contributed by atoms with Gasteiger partial charge in [-0.1, -0.05) is 47.1 Å². The summed E-state index contributed by atoms with van der Waals surface area (Å²) >= 11 is 3.31. The van der Waals surface area contributed by atoms with Gasteiger partial charge < -0.3 is 4.74 Å². The second kappa shape index (κ2) is 7.47. The second-order valence-electron chi connectivity index (χ2n) is 5.23. The van der Waals surface area contributed by atoms with Crippen LogP contribution < -0.4 is 9.46 Å². The van der Waals surface area contributed by atoms with Crippen LogP contribution in [0.15, 0.2) is 51.8 Å². The van der Waals surface area contributed by atoms with Crippen LogP contribution in [-0.2, 0) is 10.0 Å². The zero-order valence-electron chi connectivity index (χ0n) is 13.3. The van der Waals surface area contributed by atoms with Crippen molar-refractivity contribution in [3.8, 4) is 5.75 Å². The van der Waals surface area contributed by atoms with Crippen molar-refractivity contribution in [1.82, 2.24) is 4.72 Å². The van der Waals surface area contributed by atoms with E-state index in [-0.39, 0.29) is 10.9 Å².